The Morgan fingerprint density at radius 1 is 0.345 bits per heavy atom. The quantitative estimate of drug-likeness (QED) is 0.0211. The van der Waals surface area contributed by atoms with Crippen molar-refractivity contribution < 1.29 is 42.9 Å². The Morgan fingerprint density at radius 3 is 0.920 bits per heavy atom. The molecule has 0 fully saturated rings. The number of rotatable bonds is 62. The summed E-state index contributed by atoms with van der Waals surface area (Å²) < 4.78 is 23.0. The number of carbonyl (C=O) groups excluding carboxylic acids is 2. The van der Waals surface area contributed by atoms with E-state index in [-0.39, 0.29) is 38.6 Å². The van der Waals surface area contributed by atoms with E-state index in [2.05, 4.69) is 172 Å². The molecule has 0 aliphatic heterocycles. The van der Waals surface area contributed by atoms with Crippen LogP contribution in [0.15, 0.2) is 158 Å². The van der Waals surface area contributed by atoms with Crippen molar-refractivity contribution in [2.75, 3.05) is 47.5 Å². The Labute approximate surface area is 534 Å². The highest BCUT2D eigenvalue weighted by Gasteiger charge is 2.25. The van der Waals surface area contributed by atoms with Crippen molar-refractivity contribution in [2.45, 2.75) is 270 Å². The van der Waals surface area contributed by atoms with Gasteiger partial charge in [-0.05, 0) is 122 Å². The number of carbonyl (C=O) groups is 3. The molecule has 2 atom stereocenters. The van der Waals surface area contributed by atoms with Crippen LogP contribution >= 0.6 is 0 Å². The monoisotopic (exact) mass is 1210 g/mol. The number of hydrogen-bond donors (Lipinski definition) is 1. The van der Waals surface area contributed by atoms with Crippen molar-refractivity contribution in [3.8, 4) is 0 Å². The van der Waals surface area contributed by atoms with Crippen molar-refractivity contribution in [3.63, 3.8) is 0 Å². The lowest BCUT2D eigenvalue weighted by Gasteiger charge is -2.25. The van der Waals surface area contributed by atoms with Gasteiger partial charge in [-0.1, -0.05) is 281 Å². The first-order valence-electron chi connectivity index (χ1n) is 34.6. The van der Waals surface area contributed by atoms with Gasteiger partial charge in [0.15, 0.2) is 6.10 Å². The van der Waals surface area contributed by atoms with Crippen molar-refractivity contribution in [3.05, 3.63) is 158 Å². The summed E-state index contributed by atoms with van der Waals surface area (Å²) in [5.74, 6) is -2.02. The summed E-state index contributed by atoms with van der Waals surface area (Å²) in [6.07, 6.45) is 96.3. The summed E-state index contributed by atoms with van der Waals surface area (Å²) in [5, 5.41) is 9.74. The fraction of sp³-hybridized carbons (Fsp3) is 0.628. The molecule has 0 heterocycles. The zero-order valence-electron chi connectivity index (χ0n) is 56.1. The van der Waals surface area contributed by atoms with Crippen LogP contribution in [0.2, 0.25) is 0 Å². The first-order valence-corrected chi connectivity index (χ1v) is 34.6. The van der Waals surface area contributed by atoms with Gasteiger partial charge in [0, 0.05) is 12.8 Å². The fourth-order valence-electron chi connectivity index (χ4n) is 9.06. The Morgan fingerprint density at radius 2 is 0.621 bits per heavy atom. The molecule has 1 N–H and O–H groups in total. The average molecular weight is 1210 g/mol. The molecule has 0 rings (SSSR count). The van der Waals surface area contributed by atoms with Crippen LogP contribution in [-0.4, -0.2) is 87.4 Å². The molecular formula is C78H128NO8+. The Kier molecular flexibility index (Phi) is 62.9. The maximum atomic E-state index is 12.9. The molecule has 0 spiro atoms. The van der Waals surface area contributed by atoms with Gasteiger partial charge in [0.2, 0.25) is 0 Å². The van der Waals surface area contributed by atoms with E-state index in [9.17, 15) is 19.5 Å². The second kappa shape index (κ2) is 66.9. The molecule has 9 nitrogen and oxygen atoms in total. The first-order chi connectivity index (χ1) is 42.6. The minimum absolute atomic E-state index is 0.179. The van der Waals surface area contributed by atoms with Crippen molar-refractivity contribution in [2.24, 2.45) is 0 Å². The maximum Gasteiger partial charge on any atom is 0.361 e. The second-order valence-electron chi connectivity index (χ2n) is 23.7. The predicted octanol–water partition coefficient (Wildman–Crippen LogP) is 21.7. The van der Waals surface area contributed by atoms with Crippen LogP contribution in [0.5, 0.6) is 0 Å². The first kappa shape index (κ1) is 81.9. The fourth-order valence-corrected chi connectivity index (χ4v) is 9.06. The zero-order valence-corrected chi connectivity index (χ0v) is 56.1. The maximum absolute atomic E-state index is 12.9. The van der Waals surface area contributed by atoms with Crippen LogP contribution in [0.4, 0.5) is 0 Å². The van der Waals surface area contributed by atoms with Crippen molar-refractivity contribution >= 4 is 17.9 Å². The highest BCUT2D eigenvalue weighted by Crippen LogP contribution is 2.16. The van der Waals surface area contributed by atoms with E-state index in [1.54, 1.807) is 0 Å². The molecular weight excluding hydrogens is 1080 g/mol. The summed E-state index contributed by atoms with van der Waals surface area (Å²) in [6.45, 7) is 4.64. The van der Waals surface area contributed by atoms with Crippen molar-refractivity contribution in [1.29, 1.82) is 0 Å². The number of aliphatic carboxylic acids is 1. The standard InChI is InChI=1S/C78H127NO8/c1-6-8-10-12-14-16-18-20-22-24-26-28-30-31-32-33-34-35-36-37-38-39-40-41-42-43-44-45-47-49-51-53-55-57-59-61-63-65-67-69-76(81)87-74(73-86-78(77(82)83)84-71-70-79(3,4)5)72-85-75(80)68-66-64-62-60-58-56-54-52-50-48-46-29-27-25-23-21-19-17-15-13-11-9-7-2/h8-11,14-17,20-23,26-29,31-32,34-35,37-38,40-41,43-44,74,78H,6-7,12-13,18-19,24-25,30,33,36,39,42,45-73H2,1-5H3/p+1/b10-8-,11-9-,16-14-,17-15-,22-20-,23-21-,28-26-,29-27-,32-31-,35-34-,38-37-,41-40-,44-43-. The topological polar surface area (TPSA) is 108 Å². The molecule has 0 saturated carbocycles. The van der Waals surface area contributed by atoms with Crippen LogP contribution in [0.1, 0.15) is 258 Å². The van der Waals surface area contributed by atoms with Gasteiger partial charge in [-0.2, -0.15) is 0 Å². The summed E-state index contributed by atoms with van der Waals surface area (Å²) in [6, 6.07) is 0. The number of likely N-dealkylation sites (N-methyl/N-ethyl adjacent to an activating group) is 1. The van der Waals surface area contributed by atoms with Gasteiger partial charge in [-0.15, -0.1) is 0 Å². The van der Waals surface area contributed by atoms with E-state index in [4.69, 9.17) is 18.9 Å². The molecule has 0 saturated heterocycles. The molecule has 2 unspecified atom stereocenters. The number of allylic oxidation sites excluding steroid dienone is 26. The van der Waals surface area contributed by atoms with E-state index in [1.165, 1.54) is 89.9 Å². The molecule has 0 radical (unpaired) electrons. The number of quaternary nitrogens is 1. The third-order valence-electron chi connectivity index (χ3n) is 14.3. The van der Waals surface area contributed by atoms with Gasteiger partial charge in [-0.3, -0.25) is 9.59 Å². The number of hydrogen-bond acceptors (Lipinski definition) is 7. The number of esters is 2. The molecule has 0 aliphatic rings. The highest BCUT2D eigenvalue weighted by atomic mass is 16.7. The molecule has 0 bridgehead atoms. The lowest BCUT2D eigenvalue weighted by atomic mass is 10.0. The van der Waals surface area contributed by atoms with E-state index < -0.39 is 24.3 Å². The number of carboxylic acids is 1. The number of nitrogens with zero attached hydrogens (tertiary/aromatic N) is 1. The van der Waals surface area contributed by atoms with Gasteiger partial charge < -0.3 is 28.5 Å². The minimum atomic E-state index is -1.52. The number of carboxylic acid groups (broad SMARTS) is 1. The van der Waals surface area contributed by atoms with E-state index in [1.807, 2.05) is 21.1 Å². The lowest BCUT2D eigenvalue weighted by molar-refractivity contribution is -0.870. The Hall–Kier alpha value is -5.09. The third kappa shape index (κ3) is 68.3. The second-order valence-corrected chi connectivity index (χ2v) is 23.7. The van der Waals surface area contributed by atoms with Gasteiger partial charge in [-0.25, -0.2) is 4.79 Å². The molecule has 0 aliphatic carbocycles. The molecule has 0 aromatic heterocycles. The summed E-state index contributed by atoms with van der Waals surface area (Å²) in [7, 11) is 5.97. The van der Waals surface area contributed by atoms with Gasteiger partial charge >= 0.3 is 17.9 Å². The van der Waals surface area contributed by atoms with Crippen LogP contribution in [-0.2, 0) is 33.3 Å². The lowest BCUT2D eigenvalue weighted by Crippen LogP contribution is -2.40. The van der Waals surface area contributed by atoms with Gasteiger partial charge in [0.1, 0.15) is 13.2 Å². The molecule has 492 valence electrons. The van der Waals surface area contributed by atoms with Crippen LogP contribution in [0, 0.1) is 0 Å². The number of unbranched alkanes of at least 4 members (excludes halogenated alkanes) is 21. The van der Waals surface area contributed by atoms with Crippen LogP contribution in [0.25, 0.3) is 0 Å². The average Bonchev–Trinajstić information content (AvgIpc) is 3.55. The van der Waals surface area contributed by atoms with Crippen LogP contribution < -0.4 is 0 Å². The van der Waals surface area contributed by atoms with Crippen molar-refractivity contribution in [1.82, 2.24) is 0 Å². The Balaban J connectivity index is 4.16. The number of ether oxygens (including phenoxy) is 4. The minimum Gasteiger partial charge on any atom is -0.477 e. The Bertz CT molecular complexity index is 1990. The predicted molar refractivity (Wildman–Crippen MR) is 373 cm³/mol. The summed E-state index contributed by atoms with van der Waals surface area (Å²) >= 11 is 0. The summed E-state index contributed by atoms with van der Waals surface area (Å²) in [4.78, 5) is 37.6. The van der Waals surface area contributed by atoms with Gasteiger partial charge in [0.25, 0.3) is 6.29 Å². The zero-order chi connectivity index (χ0) is 63.3. The van der Waals surface area contributed by atoms with Crippen LogP contribution in [0.3, 0.4) is 0 Å². The smallest absolute Gasteiger partial charge is 0.361 e. The molecule has 0 aromatic rings. The largest absolute Gasteiger partial charge is 0.477 e. The van der Waals surface area contributed by atoms with E-state index in [0.29, 0.717) is 17.4 Å². The molecule has 87 heavy (non-hydrogen) atoms. The van der Waals surface area contributed by atoms with Gasteiger partial charge in [0.05, 0.1) is 34.4 Å². The molecule has 0 amide bonds. The SMILES string of the molecule is CC/C=C\C/C=C\C/C=C\C/C=C\C/C=C\C/C=C\C/C=C\C/C=C\C/C=C\CCCCCCCCCCCCCC(=O)OC(COC(=O)CCCCCCCCCCCC/C=C\C/C=C\C/C=C\C/C=C\CC)COC(OCC[N+](C)(C)C)C(=O)O. The molecule has 0 aromatic carbocycles. The molecule has 9 heteroatoms. The third-order valence-corrected chi connectivity index (χ3v) is 14.3. The summed E-state index contributed by atoms with van der Waals surface area (Å²) in [5.41, 5.74) is 0. The van der Waals surface area contributed by atoms with E-state index in [0.717, 1.165) is 135 Å². The van der Waals surface area contributed by atoms with E-state index >= 15 is 0 Å². The highest BCUT2D eigenvalue weighted by molar-refractivity contribution is 5.71. The normalized spacial score (nSPS) is 13.7.